The van der Waals surface area contributed by atoms with Gasteiger partial charge >= 0.3 is 0 Å². The molecule has 0 aromatic carbocycles. The zero-order valence-corrected chi connectivity index (χ0v) is 10.1. The van der Waals surface area contributed by atoms with Crippen LogP contribution in [0.3, 0.4) is 0 Å². The molecule has 2 rings (SSSR count). The maximum absolute atomic E-state index is 13.4. The smallest absolute Gasteiger partial charge is 0.237 e. The van der Waals surface area contributed by atoms with Gasteiger partial charge in [-0.05, 0) is 12.1 Å². The minimum Gasteiger partial charge on any atom is -0.307 e. The lowest BCUT2D eigenvalue weighted by Crippen LogP contribution is -2.27. The Bertz CT molecular complexity index is 563. The Labute approximate surface area is 102 Å². The van der Waals surface area contributed by atoms with Crippen LogP contribution in [0.25, 0.3) is 0 Å². The number of aromatic nitrogens is 1. The average Bonchev–Trinajstić information content (AvgIpc) is 2.61. The first-order valence-corrected chi connectivity index (χ1v) is 7.11. The summed E-state index contributed by atoms with van der Waals surface area (Å²) in [6, 6.07) is 2.83. The van der Waals surface area contributed by atoms with Gasteiger partial charge in [-0.2, -0.15) is 4.39 Å². The van der Waals surface area contributed by atoms with E-state index in [9.17, 15) is 17.6 Å². The minimum absolute atomic E-state index is 0.0275. The first kappa shape index (κ1) is 12.3. The fourth-order valence-corrected chi connectivity index (χ4v) is 2.70. The number of anilines is 1. The first-order valence-electron chi connectivity index (χ1n) is 4.74. The summed E-state index contributed by atoms with van der Waals surface area (Å²) < 4.78 is 35.6. The van der Waals surface area contributed by atoms with E-state index in [2.05, 4.69) is 4.98 Å². The van der Waals surface area contributed by atoms with Gasteiger partial charge in [0.25, 0.3) is 0 Å². The molecule has 0 aliphatic carbocycles. The van der Waals surface area contributed by atoms with Crippen molar-refractivity contribution in [2.75, 3.05) is 11.4 Å². The Morgan fingerprint density at radius 3 is 2.76 bits per heavy atom. The van der Waals surface area contributed by atoms with E-state index in [4.69, 9.17) is 10.7 Å². The maximum Gasteiger partial charge on any atom is 0.237 e. The number of halogens is 2. The quantitative estimate of drug-likeness (QED) is 0.595. The van der Waals surface area contributed by atoms with Crippen molar-refractivity contribution in [2.24, 2.45) is 0 Å². The van der Waals surface area contributed by atoms with Gasteiger partial charge in [0.05, 0.1) is 5.69 Å². The van der Waals surface area contributed by atoms with Gasteiger partial charge < -0.3 is 4.90 Å². The second-order valence-corrected chi connectivity index (χ2v) is 6.53. The molecule has 0 saturated carbocycles. The van der Waals surface area contributed by atoms with Crippen molar-refractivity contribution in [3.05, 3.63) is 24.3 Å². The molecule has 1 fully saturated rings. The third-order valence-corrected chi connectivity index (χ3v) is 4.39. The van der Waals surface area contributed by atoms with Crippen LogP contribution in [0, 0.1) is 5.95 Å². The van der Waals surface area contributed by atoms with Crippen LogP contribution < -0.4 is 4.90 Å². The molecule has 0 radical (unpaired) electrons. The molecule has 1 aromatic heterocycles. The van der Waals surface area contributed by atoms with Gasteiger partial charge in [-0.3, -0.25) is 4.79 Å². The third kappa shape index (κ3) is 2.39. The SMILES string of the molecule is O=C1CC(S(=O)(=O)Cl)CN1c1cccnc1F. The highest BCUT2D eigenvalue weighted by Crippen LogP contribution is 2.27. The Balaban J connectivity index is 2.31. The lowest BCUT2D eigenvalue weighted by atomic mass is 10.4. The molecule has 1 aliphatic rings. The van der Waals surface area contributed by atoms with Gasteiger partial charge in [-0.1, -0.05) is 0 Å². The number of amides is 1. The molecular weight excluding hydrogens is 271 g/mol. The summed E-state index contributed by atoms with van der Waals surface area (Å²) in [5.74, 6) is -1.29. The molecule has 0 spiro atoms. The number of carbonyl (C=O) groups excluding carboxylic acids is 1. The fraction of sp³-hybridized carbons (Fsp3) is 0.333. The Kier molecular flexibility index (Phi) is 3.05. The number of pyridine rings is 1. The highest BCUT2D eigenvalue weighted by Gasteiger charge is 2.38. The Morgan fingerprint density at radius 2 is 2.24 bits per heavy atom. The molecule has 1 atom stereocenters. The van der Waals surface area contributed by atoms with Crippen molar-refractivity contribution in [3.8, 4) is 0 Å². The van der Waals surface area contributed by atoms with Gasteiger partial charge in [0.15, 0.2) is 0 Å². The minimum atomic E-state index is -3.82. The van der Waals surface area contributed by atoms with E-state index in [-0.39, 0.29) is 18.7 Å². The number of carbonyl (C=O) groups is 1. The van der Waals surface area contributed by atoms with E-state index in [0.717, 1.165) is 4.90 Å². The molecule has 1 unspecified atom stereocenters. The topological polar surface area (TPSA) is 67.3 Å². The molecule has 2 heterocycles. The summed E-state index contributed by atoms with van der Waals surface area (Å²) in [6.45, 7) is -0.146. The number of hydrogen-bond donors (Lipinski definition) is 0. The zero-order chi connectivity index (χ0) is 12.6. The molecule has 8 heteroatoms. The molecule has 0 bridgehead atoms. The van der Waals surface area contributed by atoms with Crippen LogP contribution >= 0.6 is 10.7 Å². The molecule has 1 aromatic rings. The number of hydrogen-bond acceptors (Lipinski definition) is 4. The van der Waals surface area contributed by atoms with Gasteiger partial charge in [0, 0.05) is 29.8 Å². The van der Waals surface area contributed by atoms with Crippen molar-refractivity contribution >= 4 is 31.3 Å². The molecular formula is C9H8ClFN2O3S. The van der Waals surface area contributed by atoms with Crippen LogP contribution in [0.15, 0.2) is 18.3 Å². The highest BCUT2D eigenvalue weighted by molar-refractivity contribution is 8.14. The van der Waals surface area contributed by atoms with Gasteiger partial charge in [0.2, 0.25) is 20.9 Å². The number of rotatable bonds is 2. The lowest BCUT2D eigenvalue weighted by molar-refractivity contribution is -0.117. The normalized spacial score (nSPS) is 20.9. The molecule has 0 N–H and O–H groups in total. The van der Waals surface area contributed by atoms with E-state index < -0.39 is 26.2 Å². The number of nitrogens with zero attached hydrogens (tertiary/aromatic N) is 2. The molecule has 1 saturated heterocycles. The Morgan fingerprint density at radius 1 is 1.53 bits per heavy atom. The van der Waals surface area contributed by atoms with Crippen molar-refractivity contribution in [1.29, 1.82) is 0 Å². The molecule has 1 aliphatic heterocycles. The van der Waals surface area contributed by atoms with Crippen LogP contribution in [0.5, 0.6) is 0 Å². The average molecular weight is 279 g/mol. The van der Waals surface area contributed by atoms with Gasteiger partial charge in [-0.25, -0.2) is 13.4 Å². The standard InChI is InChI=1S/C9H8ClFN2O3S/c10-17(15,16)6-4-8(14)13(5-6)7-2-1-3-12-9(7)11/h1-3,6H,4-5H2. The van der Waals surface area contributed by atoms with Gasteiger partial charge in [-0.15, -0.1) is 0 Å². The van der Waals surface area contributed by atoms with Crippen LogP contribution in [-0.2, 0) is 13.8 Å². The van der Waals surface area contributed by atoms with Crippen molar-refractivity contribution in [2.45, 2.75) is 11.7 Å². The monoisotopic (exact) mass is 278 g/mol. The predicted molar refractivity (Wildman–Crippen MR) is 59.7 cm³/mol. The fourth-order valence-electron chi connectivity index (χ4n) is 1.68. The summed E-state index contributed by atoms with van der Waals surface area (Å²) in [5.41, 5.74) is -0.0275. The maximum atomic E-state index is 13.4. The summed E-state index contributed by atoms with van der Waals surface area (Å²) in [4.78, 5) is 16.0. The van der Waals surface area contributed by atoms with E-state index >= 15 is 0 Å². The second kappa shape index (κ2) is 4.23. The first-order chi connectivity index (χ1) is 7.89. The van der Waals surface area contributed by atoms with Crippen LogP contribution in [0.1, 0.15) is 6.42 Å². The molecule has 17 heavy (non-hydrogen) atoms. The lowest BCUT2D eigenvalue weighted by Gasteiger charge is -2.15. The molecule has 1 amide bonds. The zero-order valence-electron chi connectivity index (χ0n) is 8.51. The summed E-state index contributed by atoms with van der Waals surface area (Å²) in [5, 5.41) is -1.00. The highest BCUT2D eigenvalue weighted by atomic mass is 35.7. The van der Waals surface area contributed by atoms with E-state index in [1.54, 1.807) is 0 Å². The second-order valence-electron chi connectivity index (χ2n) is 3.62. The van der Waals surface area contributed by atoms with Crippen LogP contribution in [0.4, 0.5) is 10.1 Å². The third-order valence-electron chi connectivity index (χ3n) is 2.52. The summed E-state index contributed by atoms with van der Waals surface area (Å²) >= 11 is 0. The largest absolute Gasteiger partial charge is 0.307 e. The van der Waals surface area contributed by atoms with Gasteiger partial charge in [0.1, 0.15) is 5.25 Å². The summed E-state index contributed by atoms with van der Waals surface area (Å²) in [6.07, 6.45) is 1.01. The van der Waals surface area contributed by atoms with Crippen LogP contribution in [0.2, 0.25) is 0 Å². The van der Waals surface area contributed by atoms with Crippen molar-refractivity contribution in [1.82, 2.24) is 4.98 Å². The van der Waals surface area contributed by atoms with Crippen LogP contribution in [-0.4, -0.2) is 31.1 Å². The van der Waals surface area contributed by atoms with E-state index in [1.165, 1.54) is 18.3 Å². The predicted octanol–water partition coefficient (Wildman–Crippen LogP) is 0.895. The van der Waals surface area contributed by atoms with Crippen molar-refractivity contribution in [3.63, 3.8) is 0 Å². The van der Waals surface area contributed by atoms with Crippen molar-refractivity contribution < 1.29 is 17.6 Å². The van der Waals surface area contributed by atoms with E-state index in [0.29, 0.717) is 0 Å². The molecule has 92 valence electrons. The summed E-state index contributed by atoms with van der Waals surface area (Å²) in [7, 11) is 1.36. The molecule has 5 nitrogen and oxygen atoms in total. The Hall–Kier alpha value is -1.21. The van der Waals surface area contributed by atoms with E-state index in [1.807, 2.05) is 0 Å².